The molecule has 1 unspecified atom stereocenters. The fourth-order valence-corrected chi connectivity index (χ4v) is 6.28. The molecule has 5 aromatic rings. The molecule has 0 fully saturated rings. The summed E-state index contributed by atoms with van der Waals surface area (Å²) in [6, 6.07) is 24.4. The van der Waals surface area contributed by atoms with Gasteiger partial charge < -0.3 is 4.57 Å². The molecule has 0 spiro atoms. The van der Waals surface area contributed by atoms with E-state index in [9.17, 15) is 13.6 Å². The molecule has 0 radical (unpaired) electrons. The highest BCUT2D eigenvalue weighted by Crippen LogP contribution is 2.32. The van der Waals surface area contributed by atoms with Crippen LogP contribution in [-0.2, 0) is 17.8 Å². The number of carbonyl (C=O) groups excluding carboxylic acids is 1. The van der Waals surface area contributed by atoms with Crippen LogP contribution >= 0.6 is 38.9 Å². The Labute approximate surface area is 227 Å². The molecule has 5 rings (SSSR count). The van der Waals surface area contributed by atoms with Gasteiger partial charge in [0.2, 0.25) is 0 Å². The van der Waals surface area contributed by atoms with Crippen molar-refractivity contribution in [3.8, 4) is 11.1 Å². The Morgan fingerprint density at radius 1 is 1.08 bits per heavy atom. The number of hydrogen-bond acceptors (Lipinski definition) is 4. The summed E-state index contributed by atoms with van der Waals surface area (Å²) in [5.74, 6) is 0.185. The van der Waals surface area contributed by atoms with E-state index in [1.165, 1.54) is 11.3 Å². The summed E-state index contributed by atoms with van der Waals surface area (Å²) in [6.07, 6.45) is 0. The lowest BCUT2D eigenvalue weighted by Crippen LogP contribution is -2.31. The van der Waals surface area contributed by atoms with Gasteiger partial charge in [-0.1, -0.05) is 54.1 Å². The van der Waals surface area contributed by atoms with Gasteiger partial charge in [0.25, 0.3) is 17.2 Å². The standard InChI is InChI=1S/C26H19BrClN3O3S2/c1-16-29-22-10-9-19(26(32)31(36(33)34)25-12-11-24(27)35-25)14-23(22)30(16)15-20-8-7-18(13-21(20)28)17-5-3-2-4-6-17/h2-14H,15H2,1H3,(H,33,34). The number of anilines is 1. The first-order valence-corrected chi connectivity index (χ1v) is 13.9. The van der Waals surface area contributed by atoms with Gasteiger partial charge in [0.15, 0.2) is 0 Å². The summed E-state index contributed by atoms with van der Waals surface area (Å²) in [5.41, 5.74) is 4.76. The monoisotopic (exact) mass is 599 g/mol. The minimum Gasteiger partial charge on any atom is -0.324 e. The number of thiophene rings is 1. The van der Waals surface area contributed by atoms with Gasteiger partial charge in [-0.2, -0.15) is 4.31 Å². The summed E-state index contributed by atoms with van der Waals surface area (Å²) >= 11 is 8.67. The third-order valence-corrected chi connectivity index (χ3v) is 8.53. The predicted octanol–water partition coefficient (Wildman–Crippen LogP) is 7.32. The van der Waals surface area contributed by atoms with E-state index in [4.69, 9.17) is 11.6 Å². The van der Waals surface area contributed by atoms with Crippen LogP contribution in [0.15, 0.2) is 82.6 Å². The Kier molecular flexibility index (Phi) is 7.09. The average molecular weight is 601 g/mol. The SMILES string of the molecule is Cc1nc2ccc(C(=O)N(c3ccc(Br)s3)S(=O)O)cc2n1Cc1ccc(-c2ccccc2)cc1Cl. The lowest BCUT2D eigenvalue weighted by atomic mass is 10.0. The molecule has 0 aliphatic rings. The topological polar surface area (TPSA) is 75.4 Å². The molecule has 0 aliphatic heterocycles. The van der Waals surface area contributed by atoms with Gasteiger partial charge in [-0.15, -0.1) is 11.3 Å². The highest BCUT2D eigenvalue weighted by Gasteiger charge is 2.25. The first-order valence-electron chi connectivity index (χ1n) is 10.8. The molecule has 0 saturated carbocycles. The van der Waals surface area contributed by atoms with Crippen molar-refractivity contribution in [2.45, 2.75) is 13.5 Å². The van der Waals surface area contributed by atoms with Crippen LogP contribution in [0.3, 0.4) is 0 Å². The van der Waals surface area contributed by atoms with Crippen LogP contribution in [0.4, 0.5) is 5.00 Å². The van der Waals surface area contributed by atoms with Gasteiger partial charge in [0, 0.05) is 10.6 Å². The molecule has 0 aliphatic carbocycles. The van der Waals surface area contributed by atoms with Gasteiger partial charge in [0.1, 0.15) is 10.8 Å². The second kappa shape index (κ2) is 10.3. The summed E-state index contributed by atoms with van der Waals surface area (Å²) < 4.78 is 25.5. The molecule has 0 bridgehead atoms. The minimum atomic E-state index is -2.52. The molecule has 2 aromatic heterocycles. The first-order chi connectivity index (χ1) is 17.3. The van der Waals surface area contributed by atoms with Crippen molar-refractivity contribution in [1.82, 2.24) is 9.55 Å². The third kappa shape index (κ3) is 4.89. The smallest absolute Gasteiger partial charge is 0.272 e. The summed E-state index contributed by atoms with van der Waals surface area (Å²) in [6.45, 7) is 2.35. The normalized spacial score (nSPS) is 12.1. The number of aryl methyl sites for hydroxylation is 1. The molecule has 36 heavy (non-hydrogen) atoms. The van der Waals surface area contributed by atoms with Crippen LogP contribution in [0.1, 0.15) is 21.7 Å². The van der Waals surface area contributed by atoms with E-state index in [0.29, 0.717) is 16.6 Å². The van der Waals surface area contributed by atoms with Crippen molar-refractivity contribution in [2.75, 3.05) is 4.31 Å². The van der Waals surface area contributed by atoms with E-state index in [2.05, 4.69) is 20.9 Å². The number of hydrogen-bond donors (Lipinski definition) is 1. The van der Waals surface area contributed by atoms with E-state index in [1.54, 1.807) is 30.3 Å². The largest absolute Gasteiger partial charge is 0.324 e. The Bertz CT molecular complexity index is 1620. The molecular weight excluding hydrogens is 582 g/mol. The van der Waals surface area contributed by atoms with E-state index in [-0.39, 0.29) is 5.56 Å². The van der Waals surface area contributed by atoms with E-state index in [0.717, 1.165) is 41.6 Å². The molecule has 1 N–H and O–H groups in total. The molecular formula is C26H19BrClN3O3S2. The summed E-state index contributed by atoms with van der Waals surface area (Å²) in [4.78, 5) is 17.9. The number of imidazole rings is 1. The molecule has 1 amide bonds. The lowest BCUT2D eigenvalue weighted by molar-refractivity contribution is 0.101. The average Bonchev–Trinajstić information content (AvgIpc) is 3.42. The van der Waals surface area contributed by atoms with Crippen LogP contribution in [0, 0.1) is 6.92 Å². The fourth-order valence-electron chi connectivity index (χ4n) is 4.01. The molecule has 3 aromatic carbocycles. The number of fused-ring (bicyclic) bond motifs is 1. The van der Waals surface area contributed by atoms with Crippen LogP contribution in [-0.4, -0.2) is 24.2 Å². The molecule has 182 valence electrons. The molecule has 10 heteroatoms. The van der Waals surface area contributed by atoms with Gasteiger partial charge in [-0.05, 0) is 75.9 Å². The fraction of sp³-hybridized carbons (Fsp3) is 0.0769. The molecule has 6 nitrogen and oxygen atoms in total. The van der Waals surface area contributed by atoms with Gasteiger partial charge in [0.05, 0.1) is 21.4 Å². The summed E-state index contributed by atoms with van der Waals surface area (Å²) in [5, 5.41) is 0.998. The van der Waals surface area contributed by atoms with Crippen molar-refractivity contribution < 1.29 is 13.6 Å². The molecule has 1 atom stereocenters. The molecule has 2 heterocycles. The highest BCUT2D eigenvalue weighted by atomic mass is 79.9. The Morgan fingerprint density at radius 2 is 1.86 bits per heavy atom. The number of amides is 1. The van der Waals surface area contributed by atoms with Crippen molar-refractivity contribution in [3.63, 3.8) is 0 Å². The second-order valence-electron chi connectivity index (χ2n) is 8.03. The zero-order valence-corrected chi connectivity index (χ0v) is 22.9. The zero-order chi connectivity index (χ0) is 25.4. The number of nitrogens with zero attached hydrogens (tertiary/aromatic N) is 3. The van der Waals surface area contributed by atoms with Gasteiger partial charge in [-0.3, -0.25) is 9.35 Å². The third-order valence-electron chi connectivity index (χ3n) is 5.77. The van der Waals surface area contributed by atoms with Crippen LogP contribution < -0.4 is 4.31 Å². The maximum absolute atomic E-state index is 13.3. The number of rotatable bonds is 6. The van der Waals surface area contributed by atoms with Crippen molar-refractivity contribution in [1.29, 1.82) is 0 Å². The van der Waals surface area contributed by atoms with Crippen LogP contribution in [0.25, 0.3) is 22.2 Å². The number of aromatic nitrogens is 2. The Balaban J connectivity index is 1.50. The van der Waals surface area contributed by atoms with Gasteiger partial charge >= 0.3 is 0 Å². The first kappa shape index (κ1) is 24.9. The van der Waals surface area contributed by atoms with Crippen molar-refractivity contribution in [2.24, 2.45) is 0 Å². The van der Waals surface area contributed by atoms with Crippen molar-refractivity contribution >= 4 is 72.1 Å². The van der Waals surface area contributed by atoms with Crippen LogP contribution in [0.2, 0.25) is 5.02 Å². The number of halogens is 2. The van der Waals surface area contributed by atoms with Crippen molar-refractivity contribution in [3.05, 3.63) is 105 Å². The van der Waals surface area contributed by atoms with Crippen LogP contribution in [0.5, 0.6) is 0 Å². The van der Waals surface area contributed by atoms with E-state index < -0.39 is 17.2 Å². The second-order valence-corrected chi connectivity index (χ2v) is 11.7. The number of benzene rings is 3. The van der Waals surface area contributed by atoms with Gasteiger partial charge in [-0.25, -0.2) is 9.19 Å². The Morgan fingerprint density at radius 3 is 2.53 bits per heavy atom. The maximum atomic E-state index is 13.3. The highest BCUT2D eigenvalue weighted by molar-refractivity contribution is 9.11. The predicted molar refractivity (Wildman–Crippen MR) is 150 cm³/mol. The molecule has 0 saturated heterocycles. The zero-order valence-electron chi connectivity index (χ0n) is 18.9. The maximum Gasteiger partial charge on any atom is 0.272 e. The minimum absolute atomic E-state index is 0.279. The Hall–Kier alpha value is -2.82. The van der Waals surface area contributed by atoms with E-state index >= 15 is 0 Å². The quantitative estimate of drug-likeness (QED) is 0.207. The number of carbonyl (C=O) groups is 1. The lowest BCUT2D eigenvalue weighted by Gasteiger charge is -2.16. The van der Waals surface area contributed by atoms with E-state index in [1.807, 2.05) is 60.0 Å². The summed E-state index contributed by atoms with van der Waals surface area (Å²) in [7, 11) is 0.